The number of esters is 1. The molecule has 2 rings (SSSR count). The van der Waals surface area contributed by atoms with E-state index in [1.807, 2.05) is 0 Å². The van der Waals surface area contributed by atoms with Crippen LogP contribution in [0.25, 0.3) is 0 Å². The van der Waals surface area contributed by atoms with Crippen LogP contribution in [-0.2, 0) is 17.8 Å². The van der Waals surface area contributed by atoms with Crippen molar-refractivity contribution in [1.29, 1.82) is 0 Å². The van der Waals surface area contributed by atoms with Crippen molar-refractivity contribution in [2.75, 3.05) is 6.61 Å². The minimum Gasteiger partial charge on any atom is -0.467 e. The molecule has 1 amide bonds. The van der Waals surface area contributed by atoms with Crippen LogP contribution in [0.5, 0.6) is 0 Å². The number of aromatic nitrogens is 1. The fourth-order valence-electron chi connectivity index (χ4n) is 2.72. The Hall–Kier alpha value is -2.76. The van der Waals surface area contributed by atoms with Crippen molar-refractivity contribution in [2.24, 2.45) is 0 Å². The Bertz CT molecular complexity index is 742. The number of nitrogens with zero attached hydrogens (tertiary/aromatic N) is 1. The second-order valence-electron chi connectivity index (χ2n) is 5.32. The Labute approximate surface area is 141 Å². The van der Waals surface area contributed by atoms with Gasteiger partial charge in [-0.25, -0.2) is 4.79 Å². The average Bonchev–Trinajstić information content (AvgIpc) is 3.13. The van der Waals surface area contributed by atoms with E-state index in [9.17, 15) is 9.59 Å². The van der Waals surface area contributed by atoms with E-state index in [0.29, 0.717) is 34.8 Å². The minimum atomic E-state index is -0.440. The Morgan fingerprint density at radius 2 is 2.17 bits per heavy atom. The molecule has 128 valence electrons. The summed E-state index contributed by atoms with van der Waals surface area (Å²) in [6, 6.07) is 3.55. The predicted octanol–water partition coefficient (Wildman–Crippen LogP) is 2.99. The van der Waals surface area contributed by atoms with Crippen LogP contribution in [0.1, 0.15) is 44.8 Å². The first-order chi connectivity index (χ1) is 11.5. The number of amides is 1. The van der Waals surface area contributed by atoms with E-state index in [1.165, 1.54) is 0 Å². The Morgan fingerprint density at radius 3 is 2.75 bits per heavy atom. The van der Waals surface area contributed by atoms with Crippen molar-refractivity contribution in [3.05, 3.63) is 59.3 Å². The summed E-state index contributed by atoms with van der Waals surface area (Å²) in [5, 5.41) is 2.81. The molecule has 0 saturated carbocycles. The minimum absolute atomic E-state index is 0.255. The zero-order chi connectivity index (χ0) is 17.7. The van der Waals surface area contributed by atoms with E-state index in [-0.39, 0.29) is 19.1 Å². The van der Waals surface area contributed by atoms with Crippen LogP contribution in [0.4, 0.5) is 0 Å². The summed E-state index contributed by atoms with van der Waals surface area (Å²) >= 11 is 0. The lowest BCUT2D eigenvalue weighted by Gasteiger charge is -2.09. The van der Waals surface area contributed by atoms with Crippen molar-refractivity contribution in [1.82, 2.24) is 9.88 Å². The fraction of sp³-hybridized carbons (Fsp3) is 0.333. The van der Waals surface area contributed by atoms with Gasteiger partial charge in [-0.15, -0.1) is 6.58 Å². The molecule has 0 fully saturated rings. The van der Waals surface area contributed by atoms with Crippen molar-refractivity contribution in [3.8, 4) is 0 Å². The molecule has 24 heavy (non-hydrogen) atoms. The molecule has 0 aromatic carbocycles. The van der Waals surface area contributed by atoms with Crippen LogP contribution in [0, 0.1) is 13.8 Å². The lowest BCUT2D eigenvalue weighted by Crippen LogP contribution is -2.23. The summed E-state index contributed by atoms with van der Waals surface area (Å²) in [5.41, 5.74) is 2.17. The van der Waals surface area contributed by atoms with E-state index in [1.54, 1.807) is 49.8 Å². The topological polar surface area (TPSA) is 73.5 Å². The van der Waals surface area contributed by atoms with Gasteiger partial charge >= 0.3 is 5.97 Å². The standard InChI is InChI=1S/C18H22N2O4/c1-5-9-20-13(4)15(12(3)16(20)18(22)23-6-2)17(21)19-11-14-8-7-10-24-14/h5,7-8,10H,1,6,9,11H2,2-4H3,(H,19,21). The number of hydrogen-bond donors (Lipinski definition) is 1. The monoisotopic (exact) mass is 330 g/mol. The molecule has 1 N–H and O–H groups in total. The van der Waals surface area contributed by atoms with Crippen molar-refractivity contribution in [2.45, 2.75) is 33.9 Å². The van der Waals surface area contributed by atoms with E-state index < -0.39 is 5.97 Å². The molecule has 2 aromatic heterocycles. The van der Waals surface area contributed by atoms with Gasteiger partial charge in [0.25, 0.3) is 5.91 Å². The van der Waals surface area contributed by atoms with Gasteiger partial charge in [-0.3, -0.25) is 4.79 Å². The van der Waals surface area contributed by atoms with Crippen molar-refractivity contribution >= 4 is 11.9 Å². The van der Waals surface area contributed by atoms with Crippen LogP contribution in [0.3, 0.4) is 0 Å². The quantitative estimate of drug-likeness (QED) is 0.625. The number of ether oxygens (including phenoxy) is 1. The van der Waals surface area contributed by atoms with Gasteiger partial charge in [-0.1, -0.05) is 6.08 Å². The molecule has 0 aliphatic heterocycles. The molecule has 2 aromatic rings. The number of allylic oxidation sites excluding steroid dienone is 1. The Balaban J connectivity index is 2.34. The number of carbonyl (C=O) groups excluding carboxylic acids is 2. The molecular formula is C18H22N2O4. The fourth-order valence-corrected chi connectivity index (χ4v) is 2.72. The molecule has 0 radical (unpaired) electrons. The zero-order valence-corrected chi connectivity index (χ0v) is 14.2. The summed E-state index contributed by atoms with van der Waals surface area (Å²) < 4.78 is 12.1. The van der Waals surface area contributed by atoms with Gasteiger partial charge in [0.2, 0.25) is 0 Å². The lowest BCUT2D eigenvalue weighted by molar-refractivity contribution is 0.0513. The number of hydrogen-bond acceptors (Lipinski definition) is 4. The summed E-state index contributed by atoms with van der Waals surface area (Å²) in [5.74, 6) is -0.0328. The van der Waals surface area contributed by atoms with E-state index in [2.05, 4.69) is 11.9 Å². The molecule has 0 unspecified atom stereocenters. The molecule has 6 nitrogen and oxygen atoms in total. The Morgan fingerprint density at radius 1 is 1.42 bits per heavy atom. The molecule has 0 saturated heterocycles. The van der Waals surface area contributed by atoms with Crippen LogP contribution in [0.2, 0.25) is 0 Å². The van der Waals surface area contributed by atoms with Gasteiger partial charge in [0, 0.05) is 12.2 Å². The molecule has 0 atom stereocenters. The van der Waals surface area contributed by atoms with Gasteiger partial charge in [-0.2, -0.15) is 0 Å². The number of carbonyl (C=O) groups is 2. The molecular weight excluding hydrogens is 308 g/mol. The smallest absolute Gasteiger partial charge is 0.355 e. The maximum absolute atomic E-state index is 12.6. The van der Waals surface area contributed by atoms with Crippen LogP contribution in [-0.4, -0.2) is 23.1 Å². The maximum atomic E-state index is 12.6. The zero-order valence-electron chi connectivity index (χ0n) is 14.2. The first-order valence-corrected chi connectivity index (χ1v) is 7.79. The average molecular weight is 330 g/mol. The summed E-state index contributed by atoms with van der Waals surface area (Å²) in [4.78, 5) is 24.9. The molecule has 0 bridgehead atoms. The molecule has 0 spiro atoms. The third-order valence-corrected chi connectivity index (χ3v) is 3.78. The second-order valence-corrected chi connectivity index (χ2v) is 5.32. The Kier molecular flexibility index (Phi) is 5.63. The van der Waals surface area contributed by atoms with E-state index in [4.69, 9.17) is 9.15 Å². The SMILES string of the molecule is C=CCn1c(C)c(C(=O)NCc2ccco2)c(C)c1C(=O)OCC. The highest BCUT2D eigenvalue weighted by Crippen LogP contribution is 2.23. The van der Waals surface area contributed by atoms with Crippen LogP contribution >= 0.6 is 0 Å². The van der Waals surface area contributed by atoms with Gasteiger partial charge in [0.05, 0.1) is 25.0 Å². The summed E-state index contributed by atoms with van der Waals surface area (Å²) in [6.07, 6.45) is 3.23. The van der Waals surface area contributed by atoms with Gasteiger partial charge in [0.1, 0.15) is 11.5 Å². The van der Waals surface area contributed by atoms with Crippen LogP contribution < -0.4 is 5.32 Å². The summed E-state index contributed by atoms with van der Waals surface area (Å²) in [6.45, 7) is 10.00. The highest BCUT2D eigenvalue weighted by molar-refractivity contribution is 6.01. The second kappa shape index (κ2) is 7.68. The molecule has 0 aliphatic carbocycles. The third-order valence-electron chi connectivity index (χ3n) is 3.78. The number of furan rings is 1. The van der Waals surface area contributed by atoms with Crippen molar-refractivity contribution < 1.29 is 18.7 Å². The molecule has 0 aliphatic rings. The normalized spacial score (nSPS) is 10.5. The van der Waals surface area contributed by atoms with E-state index >= 15 is 0 Å². The maximum Gasteiger partial charge on any atom is 0.355 e. The molecule has 2 heterocycles. The van der Waals surface area contributed by atoms with Crippen LogP contribution in [0.15, 0.2) is 35.5 Å². The lowest BCUT2D eigenvalue weighted by atomic mass is 10.1. The number of nitrogens with one attached hydrogen (secondary N) is 1. The van der Waals surface area contributed by atoms with Gasteiger partial charge in [0.15, 0.2) is 0 Å². The first-order valence-electron chi connectivity index (χ1n) is 7.79. The van der Waals surface area contributed by atoms with Gasteiger partial charge in [-0.05, 0) is 38.5 Å². The first kappa shape index (κ1) is 17.6. The highest BCUT2D eigenvalue weighted by atomic mass is 16.5. The number of rotatable bonds is 7. The largest absolute Gasteiger partial charge is 0.467 e. The van der Waals surface area contributed by atoms with Crippen molar-refractivity contribution in [3.63, 3.8) is 0 Å². The highest BCUT2D eigenvalue weighted by Gasteiger charge is 2.26. The molecule has 6 heteroatoms. The third kappa shape index (κ3) is 3.42. The van der Waals surface area contributed by atoms with Gasteiger partial charge < -0.3 is 19.0 Å². The predicted molar refractivity (Wildman–Crippen MR) is 89.9 cm³/mol. The van der Waals surface area contributed by atoms with E-state index in [0.717, 1.165) is 0 Å². The summed E-state index contributed by atoms with van der Waals surface area (Å²) in [7, 11) is 0.